The zero-order valence-electron chi connectivity index (χ0n) is 14.0. The van der Waals surface area contributed by atoms with Gasteiger partial charge in [0.2, 0.25) is 5.95 Å². The molecule has 0 bridgehead atoms. The van der Waals surface area contributed by atoms with Crippen molar-refractivity contribution in [2.24, 2.45) is 0 Å². The molecule has 0 saturated carbocycles. The van der Waals surface area contributed by atoms with Gasteiger partial charge in [-0.15, -0.1) is 0 Å². The van der Waals surface area contributed by atoms with Gasteiger partial charge in [0.25, 0.3) is 0 Å². The Morgan fingerprint density at radius 3 is 2.72 bits per heavy atom. The highest BCUT2D eigenvalue weighted by Gasteiger charge is 2.31. The highest BCUT2D eigenvalue weighted by Crippen LogP contribution is 2.20. The van der Waals surface area contributed by atoms with Crippen LogP contribution in [0.5, 0.6) is 0 Å². The molecule has 0 spiro atoms. The van der Waals surface area contributed by atoms with Gasteiger partial charge < -0.3 is 10.2 Å². The van der Waals surface area contributed by atoms with Crippen molar-refractivity contribution in [2.45, 2.75) is 18.9 Å². The maximum Gasteiger partial charge on any atom is 0.227 e. The molecule has 1 unspecified atom stereocenters. The van der Waals surface area contributed by atoms with E-state index in [1.54, 1.807) is 24.4 Å². The van der Waals surface area contributed by atoms with Crippen LogP contribution in [0.2, 0.25) is 0 Å². The first kappa shape index (κ1) is 17.6. The van der Waals surface area contributed by atoms with Crippen molar-refractivity contribution >= 4 is 21.6 Å². The Hall–Kier alpha value is -2.22. The van der Waals surface area contributed by atoms with Crippen LogP contribution in [-0.4, -0.2) is 49.5 Å². The second-order valence-corrected chi connectivity index (χ2v) is 8.44. The number of sulfone groups is 1. The molecule has 0 amide bonds. The first-order valence-corrected chi connectivity index (χ1v) is 10.00. The van der Waals surface area contributed by atoms with Crippen molar-refractivity contribution in [1.82, 2.24) is 9.97 Å². The minimum Gasteiger partial charge on any atom is -0.370 e. The van der Waals surface area contributed by atoms with E-state index in [0.717, 1.165) is 12.0 Å². The van der Waals surface area contributed by atoms with Gasteiger partial charge in [-0.25, -0.2) is 17.8 Å². The first-order chi connectivity index (χ1) is 11.9. The van der Waals surface area contributed by atoms with Crippen LogP contribution in [0.25, 0.3) is 0 Å². The zero-order chi connectivity index (χ0) is 17.9. The van der Waals surface area contributed by atoms with Gasteiger partial charge in [-0.2, -0.15) is 4.98 Å². The number of rotatable bonds is 6. The van der Waals surface area contributed by atoms with E-state index in [1.807, 2.05) is 11.9 Å². The summed E-state index contributed by atoms with van der Waals surface area (Å²) in [5, 5.41) is 3.22. The second kappa shape index (κ2) is 7.35. The van der Waals surface area contributed by atoms with Crippen LogP contribution in [0, 0.1) is 5.82 Å². The lowest BCUT2D eigenvalue weighted by Gasteiger charge is -2.23. The van der Waals surface area contributed by atoms with Crippen LogP contribution in [0.3, 0.4) is 0 Å². The minimum absolute atomic E-state index is 0.0838. The Kier molecular flexibility index (Phi) is 5.17. The largest absolute Gasteiger partial charge is 0.370 e. The topological polar surface area (TPSA) is 75.2 Å². The monoisotopic (exact) mass is 364 g/mol. The third kappa shape index (κ3) is 4.66. The van der Waals surface area contributed by atoms with Crippen LogP contribution in [-0.2, 0) is 16.3 Å². The van der Waals surface area contributed by atoms with E-state index in [0.29, 0.717) is 24.7 Å². The highest BCUT2D eigenvalue weighted by molar-refractivity contribution is 7.91. The molecule has 1 aliphatic heterocycles. The van der Waals surface area contributed by atoms with E-state index in [4.69, 9.17) is 0 Å². The van der Waals surface area contributed by atoms with Gasteiger partial charge in [-0.05, 0) is 36.6 Å². The normalized spacial score (nSPS) is 18.9. The number of halogens is 1. The molecule has 1 fully saturated rings. The summed E-state index contributed by atoms with van der Waals surface area (Å²) in [6, 6.07) is 8.10. The number of hydrogen-bond donors (Lipinski definition) is 1. The Balaban J connectivity index is 1.58. The molecule has 1 aromatic heterocycles. The average molecular weight is 364 g/mol. The van der Waals surface area contributed by atoms with Crippen molar-refractivity contribution < 1.29 is 12.8 Å². The third-order valence-corrected chi connectivity index (χ3v) is 6.10. The fourth-order valence-corrected chi connectivity index (χ4v) is 4.62. The second-order valence-electron chi connectivity index (χ2n) is 6.21. The molecule has 25 heavy (non-hydrogen) atoms. The maximum atomic E-state index is 12.9. The predicted molar refractivity (Wildman–Crippen MR) is 96.1 cm³/mol. The van der Waals surface area contributed by atoms with Crippen LogP contribution in [0.15, 0.2) is 36.5 Å². The SMILES string of the molecule is CN(c1nccc(NCCc2ccc(F)cc2)n1)C1CCS(=O)(=O)C1. The molecule has 1 aliphatic rings. The molecule has 6 nitrogen and oxygen atoms in total. The van der Waals surface area contributed by atoms with Gasteiger partial charge >= 0.3 is 0 Å². The molecule has 134 valence electrons. The lowest BCUT2D eigenvalue weighted by molar-refractivity contribution is 0.600. The quantitative estimate of drug-likeness (QED) is 0.844. The van der Waals surface area contributed by atoms with E-state index in [1.165, 1.54) is 12.1 Å². The standard InChI is InChI=1S/C17H21FN4O2S/c1-22(15-8-11-25(23,24)12-15)17-20-10-7-16(21-17)19-9-6-13-2-4-14(18)5-3-13/h2-5,7,10,15H,6,8-9,11-12H2,1H3,(H,19,20,21). The molecule has 0 radical (unpaired) electrons. The van der Waals surface area contributed by atoms with E-state index in [-0.39, 0.29) is 23.4 Å². The molecule has 0 aliphatic carbocycles. The minimum atomic E-state index is -2.95. The van der Waals surface area contributed by atoms with E-state index >= 15 is 0 Å². The van der Waals surface area contributed by atoms with E-state index in [9.17, 15) is 12.8 Å². The third-order valence-electron chi connectivity index (χ3n) is 4.35. The fourth-order valence-electron chi connectivity index (χ4n) is 2.85. The number of benzene rings is 1. The number of anilines is 2. The molecule has 1 aromatic carbocycles. The number of nitrogens with zero attached hydrogens (tertiary/aromatic N) is 3. The molecule has 1 N–H and O–H groups in total. The van der Waals surface area contributed by atoms with Gasteiger partial charge in [-0.3, -0.25) is 0 Å². The number of hydrogen-bond acceptors (Lipinski definition) is 6. The van der Waals surface area contributed by atoms with Gasteiger partial charge in [0.1, 0.15) is 11.6 Å². The van der Waals surface area contributed by atoms with Crippen LogP contribution >= 0.6 is 0 Å². The molecular weight excluding hydrogens is 343 g/mol. The van der Waals surface area contributed by atoms with Crippen molar-refractivity contribution in [3.63, 3.8) is 0 Å². The van der Waals surface area contributed by atoms with Gasteiger partial charge in [0, 0.05) is 25.8 Å². The van der Waals surface area contributed by atoms with Gasteiger partial charge in [0.05, 0.1) is 11.5 Å². The van der Waals surface area contributed by atoms with Crippen molar-refractivity contribution in [1.29, 1.82) is 0 Å². The Labute approximate surface area is 147 Å². The zero-order valence-corrected chi connectivity index (χ0v) is 14.8. The summed E-state index contributed by atoms with van der Waals surface area (Å²) < 4.78 is 36.2. The fraction of sp³-hybridized carbons (Fsp3) is 0.412. The Morgan fingerprint density at radius 2 is 2.04 bits per heavy atom. The maximum absolute atomic E-state index is 12.9. The summed E-state index contributed by atoms with van der Waals surface area (Å²) in [7, 11) is -1.12. The van der Waals surface area contributed by atoms with Crippen molar-refractivity contribution in [2.75, 3.05) is 35.3 Å². The average Bonchev–Trinajstić information content (AvgIpc) is 2.96. The lowest BCUT2D eigenvalue weighted by atomic mass is 10.1. The molecule has 1 atom stereocenters. The molecule has 8 heteroatoms. The molecular formula is C17H21FN4O2S. The molecule has 2 aromatic rings. The summed E-state index contributed by atoms with van der Waals surface area (Å²) in [6.07, 6.45) is 3.00. The Bertz CT molecular complexity index is 827. The van der Waals surface area contributed by atoms with Crippen molar-refractivity contribution in [3.8, 4) is 0 Å². The van der Waals surface area contributed by atoms with Crippen LogP contribution in [0.4, 0.5) is 16.2 Å². The highest BCUT2D eigenvalue weighted by atomic mass is 32.2. The summed E-state index contributed by atoms with van der Waals surface area (Å²) >= 11 is 0. The first-order valence-electron chi connectivity index (χ1n) is 8.17. The Morgan fingerprint density at radius 1 is 1.28 bits per heavy atom. The summed E-state index contributed by atoms with van der Waals surface area (Å²) in [5.74, 6) is 1.31. The summed E-state index contributed by atoms with van der Waals surface area (Å²) in [5.41, 5.74) is 1.04. The summed E-state index contributed by atoms with van der Waals surface area (Å²) in [6.45, 7) is 0.656. The van der Waals surface area contributed by atoms with Crippen molar-refractivity contribution in [3.05, 3.63) is 47.9 Å². The molecule has 2 heterocycles. The predicted octanol–water partition coefficient (Wildman–Crippen LogP) is 1.89. The molecule has 1 saturated heterocycles. The van der Waals surface area contributed by atoms with Crippen LogP contribution < -0.4 is 10.2 Å². The molecule has 3 rings (SSSR count). The van der Waals surface area contributed by atoms with Gasteiger partial charge in [0.15, 0.2) is 9.84 Å². The lowest BCUT2D eigenvalue weighted by Crippen LogP contribution is -2.34. The van der Waals surface area contributed by atoms with Crippen LogP contribution in [0.1, 0.15) is 12.0 Å². The smallest absolute Gasteiger partial charge is 0.227 e. The summed E-state index contributed by atoms with van der Waals surface area (Å²) in [4.78, 5) is 10.5. The van der Waals surface area contributed by atoms with E-state index < -0.39 is 9.84 Å². The number of nitrogens with one attached hydrogen (secondary N) is 1. The van der Waals surface area contributed by atoms with Gasteiger partial charge in [-0.1, -0.05) is 12.1 Å². The number of aromatic nitrogens is 2. The van der Waals surface area contributed by atoms with E-state index in [2.05, 4.69) is 15.3 Å².